The molecule has 38 heavy (non-hydrogen) atoms. The van der Waals surface area contributed by atoms with Crippen LogP contribution in [0, 0.1) is 0 Å². The molecule has 0 radical (unpaired) electrons. The van der Waals surface area contributed by atoms with Crippen LogP contribution in [0.5, 0.6) is 5.75 Å². The molecule has 1 atom stereocenters. The van der Waals surface area contributed by atoms with Gasteiger partial charge >= 0.3 is 0 Å². The SMILES string of the molecule is CC(C)c1ccc(N(Cc2ccc(N(C)C)cc2)C(=O)C2CCCc3cc(OCCN(C)C)ccc32)cc1. The number of rotatable bonds is 10. The lowest BCUT2D eigenvalue weighted by molar-refractivity contribution is -0.120. The molecule has 0 bridgehead atoms. The summed E-state index contributed by atoms with van der Waals surface area (Å²) in [4.78, 5) is 20.5. The van der Waals surface area contributed by atoms with Crippen molar-refractivity contribution in [3.05, 3.63) is 89.0 Å². The molecule has 0 saturated carbocycles. The van der Waals surface area contributed by atoms with Gasteiger partial charge in [-0.25, -0.2) is 0 Å². The van der Waals surface area contributed by atoms with Crippen LogP contribution in [0.2, 0.25) is 0 Å². The van der Waals surface area contributed by atoms with Gasteiger partial charge in [0.2, 0.25) is 5.91 Å². The Kier molecular flexibility index (Phi) is 9.11. The zero-order valence-corrected chi connectivity index (χ0v) is 23.9. The summed E-state index contributed by atoms with van der Waals surface area (Å²) in [5.41, 5.74) is 6.89. The number of amides is 1. The first-order chi connectivity index (χ1) is 18.2. The van der Waals surface area contributed by atoms with Gasteiger partial charge in [0, 0.05) is 32.0 Å². The second-order valence-electron chi connectivity index (χ2n) is 11.2. The molecule has 0 spiro atoms. The highest BCUT2D eigenvalue weighted by Crippen LogP contribution is 2.37. The van der Waals surface area contributed by atoms with Crippen LogP contribution in [-0.4, -0.2) is 52.1 Å². The molecule has 1 unspecified atom stereocenters. The van der Waals surface area contributed by atoms with Gasteiger partial charge in [0.15, 0.2) is 0 Å². The number of likely N-dealkylation sites (N-methyl/N-ethyl adjacent to an activating group) is 1. The smallest absolute Gasteiger partial charge is 0.234 e. The lowest BCUT2D eigenvalue weighted by Crippen LogP contribution is -2.36. The van der Waals surface area contributed by atoms with Crippen molar-refractivity contribution < 1.29 is 9.53 Å². The number of fused-ring (bicyclic) bond motifs is 1. The Bertz CT molecular complexity index is 1200. The summed E-state index contributed by atoms with van der Waals surface area (Å²) in [6.45, 7) is 6.47. The molecule has 1 amide bonds. The third kappa shape index (κ3) is 6.76. The summed E-state index contributed by atoms with van der Waals surface area (Å²) in [6.07, 6.45) is 2.86. The van der Waals surface area contributed by atoms with E-state index in [1.165, 1.54) is 11.1 Å². The number of carbonyl (C=O) groups excluding carboxylic acids is 1. The van der Waals surface area contributed by atoms with Crippen LogP contribution in [0.15, 0.2) is 66.7 Å². The molecule has 0 heterocycles. The number of carbonyl (C=O) groups is 1. The van der Waals surface area contributed by atoms with Gasteiger partial charge in [0.25, 0.3) is 0 Å². The second-order valence-corrected chi connectivity index (χ2v) is 11.2. The number of hydrogen-bond acceptors (Lipinski definition) is 4. The van der Waals surface area contributed by atoms with Crippen molar-refractivity contribution in [1.82, 2.24) is 4.90 Å². The maximum atomic E-state index is 14.3. The fraction of sp³-hybridized carbons (Fsp3) is 0.424. The Labute approximate surface area is 229 Å². The number of hydrogen-bond donors (Lipinski definition) is 0. The molecule has 1 aliphatic rings. The Hall–Kier alpha value is -3.31. The first kappa shape index (κ1) is 27.7. The van der Waals surface area contributed by atoms with Crippen molar-refractivity contribution >= 4 is 17.3 Å². The molecule has 0 fully saturated rings. The summed E-state index contributed by atoms with van der Waals surface area (Å²) in [6, 6.07) is 23.3. The van der Waals surface area contributed by atoms with Gasteiger partial charge in [-0.2, -0.15) is 0 Å². The van der Waals surface area contributed by atoms with E-state index in [1.807, 2.05) is 39.2 Å². The van der Waals surface area contributed by atoms with Crippen LogP contribution < -0.4 is 14.5 Å². The minimum Gasteiger partial charge on any atom is -0.492 e. The van der Waals surface area contributed by atoms with E-state index in [9.17, 15) is 4.79 Å². The van der Waals surface area contributed by atoms with Crippen LogP contribution >= 0.6 is 0 Å². The van der Waals surface area contributed by atoms with Gasteiger partial charge in [0.1, 0.15) is 12.4 Å². The summed E-state index contributed by atoms with van der Waals surface area (Å²) >= 11 is 0. The lowest BCUT2D eigenvalue weighted by atomic mass is 9.81. The molecule has 0 saturated heterocycles. The number of aryl methyl sites for hydroxylation is 1. The van der Waals surface area contributed by atoms with E-state index >= 15 is 0 Å². The molecule has 202 valence electrons. The molecule has 4 rings (SSSR count). The average molecular weight is 514 g/mol. The molecule has 3 aromatic rings. The van der Waals surface area contributed by atoms with E-state index in [2.05, 4.69) is 84.3 Å². The molecule has 5 heteroatoms. The highest BCUT2D eigenvalue weighted by atomic mass is 16.5. The quantitative estimate of drug-likeness (QED) is 0.311. The lowest BCUT2D eigenvalue weighted by Gasteiger charge is -2.31. The summed E-state index contributed by atoms with van der Waals surface area (Å²) in [5.74, 6) is 1.36. The van der Waals surface area contributed by atoms with E-state index in [1.54, 1.807) is 0 Å². The van der Waals surface area contributed by atoms with E-state index in [0.29, 0.717) is 19.1 Å². The summed E-state index contributed by atoms with van der Waals surface area (Å²) < 4.78 is 5.99. The number of benzene rings is 3. The molecule has 0 aromatic heterocycles. The molecule has 5 nitrogen and oxygen atoms in total. The van der Waals surface area contributed by atoms with Crippen LogP contribution in [0.3, 0.4) is 0 Å². The Morgan fingerprint density at radius 1 is 0.921 bits per heavy atom. The summed E-state index contributed by atoms with van der Waals surface area (Å²) in [5, 5.41) is 0. The first-order valence-electron chi connectivity index (χ1n) is 13.8. The van der Waals surface area contributed by atoms with Gasteiger partial charge in [-0.1, -0.05) is 44.2 Å². The van der Waals surface area contributed by atoms with Crippen molar-refractivity contribution in [1.29, 1.82) is 0 Å². The normalized spacial score (nSPS) is 14.9. The monoisotopic (exact) mass is 513 g/mol. The van der Waals surface area contributed by atoms with E-state index in [4.69, 9.17) is 4.74 Å². The minimum atomic E-state index is -0.152. The maximum Gasteiger partial charge on any atom is 0.234 e. The first-order valence-corrected chi connectivity index (χ1v) is 13.8. The van der Waals surface area contributed by atoms with E-state index in [-0.39, 0.29) is 11.8 Å². The number of nitrogens with zero attached hydrogens (tertiary/aromatic N) is 3. The molecule has 0 N–H and O–H groups in total. The molecule has 1 aliphatic carbocycles. The van der Waals surface area contributed by atoms with Crippen molar-refractivity contribution in [3.8, 4) is 5.75 Å². The average Bonchev–Trinajstić information content (AvgIpc) is 2.91. The Morgan fingerprint density at radius 2 is 1.61 bits per heavy atom. The topological polar surface area (TPSA) is 36.0 Å². The molecule has 0 aliphatic heterocycles. The zero-order valence-electron chi connectivity index (χ0n) is 23.9. The number of ether oxygens (including phenoxy) is 1. The van der Waals surface area contributed by atoms with Crippen molar-refractivity contribution in [2.24, 2.45) is 0 Å². The molecule has 3 aromatic carbocycles. The number of anilines is 2. The van der Waals surface area contributed by atoms with Crippen molar-refractivity contribution in [2.45, 2.75) is 51.5 Å². The minimum absolute atomic E-state index is 0.152. The van der Waals surface area contributed by atoms with Crippen molar-refractivity contribution in [3.63, 3.8) is 0 Å². The van der Waals surface area contributed by atoms with Gasteiger partial charge < -0.3 is 19.4 Å². The Balaban J connectivity index is 1.61. The zero-order chi connectivity index (χ0) is 27.2. The van der Waals surface area contributed by atoms with Gasteiger partial charge in [0.05, 0.1) is 12.5 Å². The highest BCUT2D eigenvalue weighted by molar-refractivity contribution is 5.98. The maximum absolute atomic E-state index is 14.3. The fourth-order valence-corrected chi connectivity index (χ4v) is 5.09. The third-order valence-corrected chi connectivity index (χ3v) is 7.46. The van der Waals surface area contributed by atoms with Crippen LogP contribution in [0.1, 0.15) is 60.8 Å². The fourth-order valence-electron chi connectivity index (χ4n) is 5.09. The Morgan fingerprint density at radius 3 is 2.24 bits per heavy atom. The molecular formula is C33H43N3O2. The van der Waals surface area contributed by atoms with Gasteiger partial charge in [-0.15, -0.1) is 0 Å². The summed E-state index contributed by atoms with van der Waals surface area (Å²) in [7, 11) is 8.18. The second kappa shape index (κ2) is 12.5. The molecular weight excluding hydrogens is 470 g/mol. The van der Waals surface area contributed by atoms with E-state index in [0.717, 1.165) is 54.1 Å². The predicted molar refractivity (Wildman–Crippen MR) is 159 cm³/mol. The predicted octanol–water partition coefficient (Wildman–Crippen LogP) is 6.47. The van der Waals surface area contributed by atoms with Crippen LogP contribution in [-0.2, 0) is 17.8 Å². The highest BCUT2D eigenvalue weighted by Gasteiger charge is 2.31. The van der Waals surface area contributed by atoms with Gasteiger partial charge in [-0.3, -0.25) is 4.79 Å². The van der Waals surface area contributed by atoms with Gasteiger partial charge in [-0.05, 0) is 97.9 Å². The third-order valence-electron chi connectivity index (χ3n) is 7.46. The van der Waals surface area contributed by atoms with Crippen LogP contribution in [0.4, 0.5) is 11.4 Å². The largest absolute Gasteiger partial charge is 0.492 e. The van der Waals surface area contributed by atoms with Crippen molar-refractivity contribution in [2.75, 3.05) is 51.1 Å². The standard InChI is InChI=1S/C33H43N3O2/c1-24(2)26-12-16-29(17-13-26)36(23-25-10-14-28(15-11-25)35(5)6)33(37)32-9-7-8-27-22-30(18-19-31(27)32)38-21-20-34(3)4/h10-19,22,24,32H,7-9,20-21,23H2,1-6H3. The van der Waals surface area contributed by atoms with E-state index < -0.39 is 0 Å². The van der Waals surface area contributed by atoms with Crippen LogP contribution in [0.25, 0.3) is 0 Å².